The molecular weight excluding hydrogens is 420 g/mol. The van der Waals surface area contributed by atoms with Crippen molar-refractivity contribution in [1.82, 2.24) is 20.1 Å². The second-order valence-electron chi connectivity index (χ2n) is 7.99. The number of thiazole rings is 1. The SMILES string of the molecule is Cc1ccccc1C(=O)NCCC(=O)N1CCN(Cc2csc(-c3ccccc3)n2)CC1. The van der Waals surface area contributed by atoms with Crippen molar-refractivity contribution >= 4 is 23.2 Å². The second-order valence-corrected chi connectivity index (χ2v) is 8.85. The fourth-order valence-electron chi connectivity index (χ4n) is 3.84. The molecule has 0 spiro atoms. The Labute approximate surface area is 192 Å². The summed E-state index contributed by atoms with van der Waals surface area (Å²) in [7, 11) is 0. The van der Waals surface area contributed by atoms with Gasteiger partial charge in [0.05, 0.1) is 5.69 Å². The fraction of sp³-hybridized carbons (Fsp3) is 0.320. The number of nitrogens with zero attached hydrogens (tertiary/aromatic N) is 3. The summed E-state index contributed by atoms with van der Waals surface area (Å²) in [4.78, 5) is 33.8. The van der Waals surface area contributed by atoms with Gasteiger partial charge < -0.3 is 10.2 Å². The Morgan fingerprint density at radius 2 is 1.72 bits per heavy atom. The third kappa shape index (κ3) is 5.60. The van der Waals surface area contributed by atoms with E-state index >= 15 is 0 Å². The minimum Gasteiger partial charge on any atom is -0.352 e. The number of piperazine rings is 1. The summed E-state index contributed by atoms with van der Waals surface area (Å²) in [5.74, 6) is -0.0337. The summed E-state index contributed by atoms with van der Waals surface area (Å²) >= 11 is 1.67. The largest absolute Gasteiger partial charge is 0.352 e. The Hall–Kier alpha value is -3.03. The summed E-state index contributed by atoms with van der Waals surface area (Å²) < 4.78 is 0. The molecule has 1 aliphatic rings. The van der Waals surface area contributed by atoms with E-state index in [0.29, 0.717) is 31.6 Å². The minimum absolute atomic E-state index is 0.0924. The van der Waals surface area contributed by atoms with Crippen LogP contribution < -0.4 is 5.32 Å². The molecule has 0 unspecified atom stereocenters. The maximum Gasteiger partial charge on any atom is 0.251 e. The molecule has 0 atom stereocenters. The molecule has 1 fully saturated rings. The first kappa shape index (κ1) is 22.2. The number of aromatic nitrogens is 1. The smallest absolute Gasteiger partial charge is 0.251 e. The van der Waals surface area contributed by atoms with E-state index in [2.05, 4.69) is 27.7 Å². The van der Waals surface area contributed by atoms with Crippen LogP contribution in [0.15, 0.2) is 60.0 Å². The molecule has 166 valence electrons. The van der Waals surface area contributed by atoms with Gasteiger partial charge >= 0.3 is 0 Å². The van der Waals surface area contributed by atoms with Crippen molar-refractivity contribution < 1.29 is 9.59 Å². The molecule has 0 saturated carbocycles. The van der Waals surface area contributed by atoms with Crippen LogP contribution in [0.4, 0.5) is 0 Å². The Bertz CT molecular complexity index is 1060. The van der Waals surface area contributed by atoms with E-state index < -0.39 is 0 Å². The molecule has 1 aliphatic heterocycles. The molecule has 4 rings (SSSR count). The van der Waals surface area contributed by atoms with Gasteiger partial charge in [-0.3, -0.25) is 14.5 Å². The van der Waals surface area contributed by atoms with Gasteiger partial charge in [-0.2, -0.15) is 0 Å². The van der Waals surface area contributed by atoms with E-state index in [1.807, 2.05) is 48.2 Å². The van der Waals surface area contributed by atoms with Crippen LogP contribution in [0.1, 0.15) is 28.0 Å². The lowest BCUT2D eigenvalue weighted by Gasteiger charge is -2.34. The highest BCUT2D eigenvalue weighted by Crippen LogP contribution is 2.24. The van der Waals surface area contributed by atoms with Gasteiger partial charge in [0.2, 0.25) is 5.91 Å². The highest BCUT2D eigenvalue weighted by Gasteiger charge is 2.21. The number of benzene rings is 2. The number of hydrogen-bond acceptors (Lipinski definition) is 5. The number of carbonyl (C=O) groups excluding carboxylic acids is 2. The van der Waals surface area contributed by atoms with E-state index in [0.717, 1.165) is 41.5 Å². The van der Waals surface area contributed by atoms with Gasteiger partial charge in [-0.15, -0.1) is 11.3 Å². The zero-order valence-corrected chi connectivity index (χ0v) is 19.1. The van der Waals surface area contributed by atoms with Crippen molar-refractivity contribution in [3.05, 3.63) is 76.8 Å². The van der Waals surface area contributed by atoms with E-state index in [1.165, 1.54) is 0 Å². The highest BCUT2D eigenvalue weighted by atomic mass is 32.1. The molecule has 2 heterocycles. The fourth-order valence-corrected chi connectivity index (χ4v) is 4.66. The third-order valence-corrected chi connectivity index (χ3v) is 6.64. The van der Waals surface area contributed by atoms with Crippen LogP contribution >= 0.6 is 11.3 Å². The first-order valence-electron chi connectivity index (χ1n) is 10.9. The number of amides is 2. The molecule has 32 heavy (non-hydrogen) atoms. The van der Waals surface area contributed by atoms with Crippen molar-refractivity contribution in [2.75, 3.05) is 32.7 Å². The van der Waals surface area contributed by atoms with Crippen molar-refractivity contribution in [3.8, 4) is 10.6 Å². The average molecular weight is 449 g/mol. The van der Waals surface area contributed by atoms with Crippen molar-refractivity contribution in [1.29, 1.82) is 0 Å². The minimum atomic E-state index is -0.126. The Kier molecular flexibility index (Phi) is 7.29. The lowest BCUT2D eigenvalue weighted by Crippen LogP contribution is -2.48. The first-order chi connectivity index (χ1) is 15.6. The number of rotatable bonds is 7. The Morgan fingerprint density at radius 1 is 1.00 bits per heavy atom. The monoisotopic (exact) mass is 448 g/mol. The zero-order chi connectivity index (χ0) is 22.3. The van der Waals surface area contributed by atoms with E-state index in [-0.39, 0.29) is 11.8 Å². The van der Waals surface area contributed by atoms with E-state index in [4.69, 9.17) is 4.98 Å². The first-order valence-corrected chi connectivity index (χ1v) is 11.8. The van der Waals surface area contributed by atoms with Crippen molar-refractivity contribution in [2.45, 2.75) is 19.9 Å². The molecular formula is C25H28N4O2S. The number of aryl methyl sites for hydroxylation is 1. The van der Waals surface area contributed by atoms with Crippen LogP contribution in [0.25, 0.3) is 10.6 Å². The second kappa shape index (κ2) is 10.5. The molecule has 0 aliphatic carbocycles. The molecule has 0 radical (unpaired) electrons. The lowest BCUT2D eigenvalue weighted by atomic mass is 10.1. The normalized spacial score (nSPS) is 14.3. The molecule has 6 nitrogen and oxygen atoms in total. The van der Waals surface area contributed by atoms with E-state index in [9.17, 15) is 9.59 Å². The predicted molar refractivity (Wildman–Crippen MR) is 128 cm³/mol. The average Bonchev–Trinajstić information content (AvgIpc) is 3.29. The number of carbonyl (C=O) groups is 2. The van der Waals surface area contributed by atoms with Gasteiger partial charge in [-0.25, -0.2) is 4.98 Å². The lowest BCUT2D eigenvalue weighted by molar-refractivity contribution is -0.132. The van der Waals surface area contributed by atoms with E-state index in [1.54, 1.807) is 17.4 Å². The maximum absolute atomic E-state index is 12.6. The molecule has 2 amide bonds. The Balaban J connectivity index is 1.19. The van der Waals surface area contributed by atoms with Gasteiger partial charge in [0, 0.05) is 62.2 Å². The van der Waals surface area contributed by atoms with Gasteiger partial charge in [-0.05, 0) is 18.6 Å². The predicted octanol–water partition coefficient (Wildman–Crippen LogP) is 3.58. The van der Waals surface area contributed by atoms with Crippen LogP contribution in [0, 0.1) is 6.92 Å². The molecule has 1 N–H and O–H groups in total. The van der Waals surface area contributed by atoms with Gasteiger partial charge in [0.1, 0.15) is 5.01 Å². The van der Waals surface area contributed by atoms with Gasteiger partial charge in [0.15, 0.2) is 0 Å². The van der Waals surface area contributed by atoms with Gasteiger partial charge in [0.25, 0.3) is 5.91 Å². The maximum atomic E-state index is 12.6. The van der Waals surface area contributed by atoms with Crippen LogP contribution in [-0.2, 0) is 11.3 Å². The molecule has 2 aromatic carbocycles. The molecule has 3 aromatic rings. The van der Waals surface area contributed by atoms with Crippen LogP contribution in [0.2, 0.25) is 0 Å². The van der Waals surface area contributed by atoms with Gasteiger partial charge in [-0.1, -0.05) is 48.5 Å². The summed E-state index contributed by atoms with van der Waals surface area (Å²) in [5.41, 5.74) is 3.82. The van der Waals surface area contributed by atoms with Crippen LogP contribution in [-0.4, -0.2) is 59.3 Å². The standard InChI is InChI=1S/C25H28N4O2S/c1-19-7-5-6-10-22(19)24(31)26-12-11-23(30)29-15-13-28(14-16-29)17-21-18-32-25(27-21)20-8-3-2-4-9-20/h2-10,18H,11-17H2,1H3,(H,26,31). The molecule has 7 heteroatoms. The van der Waals surface area contributed by atoms with Crippen LogP contribution in [0.3, 0.4) is 0 Å². The summed E-state index contributed by atoms with van der Waals surface area (Å²) in [5, 5.41) is 6.03. The highest BCUT2D eigenvalue weighted by molar-refractivity contribution is 7.13. The van der Waals surface area contributed by atoms with Crippen molar-refractivity contribution in [3.63, 3.8) is 0 Å². The Morgan fingerprint density at radius 3 is 2.47 bits per heavy atom. The number of nitrogens with one attached hydrogen (secondary N) is 1. The summed E-state index contributed by atoms with van der Waals surface area (Å²) in [6.07, 6.45) is 0.324. The quantitative estimate of drug-likeness (QED) is 0.600. The molecule has 1 saturated heterocycles. The molecule has 0 bridgehead atoms. The summed E-state index contributed by atoms with van der Waals surface area (Å²) in [6, 6.07) is 17.7. The van der Waals surface area contributed by atoms with Crippen molar-refractivity contribution in [2.24, 2.45) is 0 Å². The topological polar surface area (TPSA) is 65.5 Å². The third-order valence-electron chi connectivity index (χ3n) is 5.70. The number of hydrogen-bond donors (Lipinski definition) is 1. The zero-order valence-electron chi connectivity index (χ0n) is 18.3. The van der Waals surface area contributed by atoms with Crippen LogP contribution in [0.5, 0.6) is 0 Å². The molecule has 1 aromatic heterocycles. The summed E-state index contributed by atoms with van der Waals surface area (Å²) in [6.45, 7) is 6.15.